The van der Waals surface area contributed by atoms with E-state index >= 15 is 0 Å². The fourth-order valence-corrected chi connectivity index (χ4v) is 5.53. The minimum atomic E-state index is -3.49. The first kappa shape index (κ1) is 23.1. The van der Waals surface area contributed by atoms with E-state index < -0.39 is 16.3 Å². The van der Waals surface area contributed by atoms with Crippen LogP contribution in [0.15, 0.2) is 30.3 Å². The summed E-state index contributed by atoms with van der Waals surface area (Å²) in [5.41, 5.74) is 6.88. The van der Waals surface area contributed by atoms with Crippen LogP contribution in [0.1, 0.15) is 43.7 Å². The summed E-state index contributed by atoms with van der Waals surface area (Å²) in [6.45, 7) is 1.37. The van der Waals surface area contributed by atoms with E-state index in [1.807, 2.05) is 30.3 Å². The van der Waals surface area contributed by atoms with Crippen LogP contribution in [-0.4, -0.2) is 67.1 Å². The molecule has 1 aromatic carbocycles. The summed E-state index contributed by atoms with van der Waals surface area (Å²) >= 11 is 0. The predicted molar refractivity (Wildman–Crippen MR) is 112 cm³/mol. The van der Waals surface area contributed by atoms with Gasteiger partial charge in [0.25, 0.3) is 10.2 Å². The minimum absolute atomic E-state index is 0. The van der Waals surface area contributed by atoms with Gasteiger partial charge in [0.15, 0.2) is 0 Å². The molecule has 3 rings (SSSR count). The Morgan fingerprint density at radius 2 is 1.64 bits per heavy atom. The van der Waals surface area contributed by atoms with Gasteiger partial charge in [-0.05, 0) is 18.4 Å². The van der Waals surface area contributed by atoms with Gasteiger partial charge < -0.3 is 10.6 Å². The summed E-state index contributed by atoms with van der Waals surface area (Å²) in [6.07, 6.45) is 5.22. The number of nitrogens with zero attached hydrogens (tertiary/aromatic N) is 3. The van der Waals surface area contributed by atoms with Crippen molar-refractivity contribution in [2.24, 2.45) is 5.73 Å². The maximum absolute atomic E-state index is 12.9. The molecule has 2 N–H and O–H groups in total. The second-order valence-corrected chi connectivity index (χ2v) is 9.42. The molecular weight excluding hydrogens is 400 g/mol. The Morgan fingerprint density at radius 3 is 2.21 bits per heavy atom. The summed E-state index contributed by atoms with van der Waals surface area (Å²) in [6, 6.07) is 8.65. The molecule has 0 aromatic heterocycles. The lowest BCUT2D eigenvalue weighted by Crippen LogP contribution is -2.56. The first-order valence-electron chi connectivity index (χ1n) is 9.73. The molecule has 2 aliphatic rings. The molecule has 0 bridgehead atoms. The fourth-order valence-electron chi connectivity index (χ4n) is 3.95. The van der Waals surface area contributed by atoms with Crippen molar-refractivity contribution in [1.82, 2.24) is 13.5 Å². The molecule has 1 saturated carbocycles. The summed E-state index contributed by atoms with van der Waals surface area (Å²) in [5, 5.41) is 0. The van der Waals surface area contributed by atoms with Gasteiger partial charge >= 0.3 is 0 Å². The van der Waals surface area contributed by atoms with E-state index in [2.05, 4.69) is 0 Å². The first-order chi connectivity index (χ1) is 12.9. The van der Waals surface area contributed by atoms with Gasteiger partial charge in [0.1, 0.15) is 6.04 Å². The molecule has 28 heavy (non-hydrogen) atoms. The van der Waals surface area contributed by atoms with Crippen molar-refractivity contribution in [2.75, 3.05) is 33.2 Å². The number of hydrogen-bond acceptors (Lipinski definition) is 4. The number of amides is 1. The molecule has 1 heterocycles. The maximum atomic E-state index is 12.9. The van der Waals surface area contributed by atoms with Crippen LogP contribution in [0.2, 0.25) is 0 Å². The van der Waals surface area contributed by atoms with Gasteiger partial charge in [0.05, 0.1) is 0 Å². The van der Waals surface area contributed by atoms with E-state index in [-0.39, 0.29) is 24.4 Å². The zero-order valence-corrected chi connectivity index (χ0v) is 18.0. The van der Waals surface area contributed by atoms with Crippen LogP contribution >= 0.6 is 12.4 Å². The van der Waals surface area contributed by atoms with Crippen molar-refractivity contribution in [2.45, 2.75) is 44.2 Å². The van der Waals surface area contributed by atoms with E-state index in [0.29, 0.717) is 26.2 Å². The Balaban J connectivity index is 0.00000280. The molecule has 158 valence electrons. The SMILES string of the molecule is CN(C1CCCCC1)S(=O)(=O)N1CCN(C(=O)C(N)c2ccccc2)CC1.Cl. The molecule has 1 aliphatic carbocycles. The number of halogens is 1. The molecule has 0 spiro atoms. The quantitative estimate of drug-likeness (QED) is 0.771. The molecule has 1 aliphatic heterocycles. The Kier molecular flexibility index (Phi) is 8.27. The number of piperazine rings is 1. The largest absolute Gasteiger partial charge is 0.338 e. The summed E-state index contributed by atoms with van der Waals surface area (Å²) < 4.78 is 28.9. The molecule has 1 saturated heterocycles. The predicted octanol–water partition coefficient (Wildman–Crippen LogP) is 1.76. The molecule has 1 atom stereocenters. The number of rotatable bonds is 5. The van der Waals surface area contributed by atoms with Crippen LogP contribution in [0.3, 0.4) is 0 Å². The lowest BCUT2D eigenvalue weighted by molar-refractivity contribution is -0.134. The fraction of sp³-hybridized carbons (Fsp3) is 0.632. The number of benzene rings is 1. The Hall–Kier alpha value is -1.19. The zero-order chi connectivity index (χ0) is 19.4. The molecule has 0 radical (unpaired) electrons. The van der Waals surface area contributed by atoms with Crippen molar-refractivity contribution >= 4 is 28.5 Å². The molecule has 9 heteroatoms. The third kappa shape index (κ3) is 5.04. The summed E-state index contributed by atoms with van der Waals surface area (Å²) in [5.74, 6) is -0.154. The van der Waals surface area contributed by atoms with Gasteiger partial charge in [-0.2, -0.15) is 17.0 Å². The van der Waals surface area contributed by atoms with Crippen molar-refractivity contribution < 1.29 is 13.2 Å². The van der Waals surface area contributed by atoms with Crippen LogP contribution < -0.4 is 5.73 Å². The van der Waals surface area contributed by atoms with E-state index in [0.717, 1.165) is 31.2 Å². The van der Waals surface area contributed by atoms with Crippen LogP contribution in [0.4, 0.5) is 0 Å². The second-order valence-electron chi connectivity index (χ2n) is 7.43. The molecule has 1 unspecified atom stereocenters. The first-order valence-corrected chi connectivity index (χ1v) is 11.1. The number of nitrogens with two attached hydrogens (primary N) is 1. The molecule has 1 amide bonds. The van der Waals surface area contributed by atoms with Gasteiger partial charge in [0, 0.05) is 39.3 Å². The Bertz CT molecular complexity index is 733. The van der Waals surface area contributed by atoms with Crippen LogP contribution in [0, 0.1) is 0 Å². The monoisotopic (exact) mass is 430 g/mol. The normalized spacial score (nSPS) is 20.6. The Morgan fingerprint density at radius 1 is 1.07 bits per heavy atom. The third-order valence-electron chi connectivity index (χ3n) is 5.75. The van der Waals surface area contributed by atoms with Crippen molar-refractivity contribution in [3.8, 4) is 0 Å². The van der Waals surface area contributed by atoms with Crippen molar-refractivity contribution in [3.05, 3.63) is 35.9 Å². The summed E-state index contributed by atoms with van der Waals surface area (Å²) in [7, 11) is -1.80. The lowest BCUT2D eigenvalue weighted by atomic mass is 9.96. The standard InChI is InChI=1S/C19H30N4O3S.ClH/c1-21(17-10-6-3-7-11-17)27(25,26)23-14-12-22(13-15-23)19(24)18(20)16-8-4-2-5-9-16;/h2,4-5,8-9,17-18H,3,6-7,10-15,20H2,1H3;1H. The minimum Gasteiger partial charge on any atom is -0.338 e. The summed E-state index contributed by atoms with van der Waals surface area (Å²) in [4.78, 5) is 14.3. The van der Waals surface area contributed by atoms with Gasteiger partial charge in [-0.15, -0.1) is 12.4 Å². The number of hydrogen-bond donors (Lipinski definition) is 1. The second kappa shape index (κ2) is 10.0. The molecule has 2 fully saturated rings. The Labute approximate surface area is 174 Å². The van der Waals surface area contributed by atoms with Crippen molar-refractivity contribution in [3.63, 3.8) is 0 Å². The number of carbonyl (C=O) groups is 1. The molecular formula is C19H31ClN4O3S. The highest BCUT2D eigenvalue weighted by Crippen LogP contribution is 2.25. The van der Waals surface area contributed by atoms with E-state index in [4.69, 9.17) is 5.73 Å². The van der Waals surface area contributed by atoms with Crippen molar-refractivity contribution in [1.29, 1.82) is 0 Å². The van der Waals surface area contributed by atoms with E-state index in [1.165, 1.54) is 10.7 Å². The van der Waals surface area contributed by atoms with Gasteiger partial charge in [0.2, 0.25) is 5.91 Å². The average molecular weight is 431 g/mol. The smallest absolute Gasteiger partial charge is 0.282 e. The highest BCUT2D eigenvalue weighted by atomic mass is 35.5. The third-order valence-corrected chi connectivity index (χ3v) is 7.80. The lowest BCUT2D eigenvalue weighted by Gasteiger charge is -2.39. The topological polar surface area (TPSA) is 87.0 Å². The number of carbonyl (C=O) groups excluding carboxylic acids is 1. The zero-order valence-electron chi connectivity index (χ0n) is 16.4. The van der Waals surface area contributed by atoms with Crippen LogP contribution in [0.5, 0.6) is 0 Å². The van der Waals surface area contributed by atoms with E-state index in [1.54, 1.807) is 16.3 Å². The molecule has 7 nitrogen and oxygen atoms in total. The van der Waals surface area contributed by atoms with Gasteiger partial charge in [-0.25, -0.2) is 0 Å². The van der Waals surface area contributed by atoms with E-state index in [9.17, 15) is 13.2 Å². The average Bonchev–Trinajstić information content (AvgIpc) is 2.73. The van der Waals surface area contributed by atoms with Crippen LogP contribution in [0.25, 0.3) is 0 Å². The van der Waals surface area contributed by atoms with Gasteiger partial charge in [-0.1, -0.05) is 49.6 Å². The highest BCUT2D eigenvalue weighted by molar-refractivity contribution is 7.86. The van der Waals surface area contributed by atoms with Crippen LogP contribution in [-0.2, 0) is 15.0 Å². The molecule has 1 aromatic rings. The highest BCUT2D eigenvalue weighted by Gasteiger charge is 2.36. The van der Waals surface area contributed by atoms with Gasteiger partial charge in [-0.3, -0.25) is 4.79 Å². The maximum Gasteiger partial charge on any atom is 0.282 e.